The summed E-state index contributed by atoms with van der Waals surface area (Å²) < 4.78 is 0. The third kappa shape index (κ3) is 2.53. The van der Waals surface area contributed by atoms with Crippen LogP contribution < -0.4 is 0 Å². The minimum atomic E-state index is 0.227. The van der Waals surface area contributed by atoms with Crippen molar-refractivity contribution in [1.29, 1.82) is 0 Å². The Morgan fingerprint density at radius 3 is 2.74 bits per heavy atom. The Morgan fingerprint density at radius 2 is 1.95 bits per heavy atom. The highest BCUT2D eigenvalue weighted by atomic mass is 16.1. The lowest BCUT2D eigenvalue weighted by molar-refractivity contribution is 0.0876. The van der Waals surface area contributed by atoms with Gasteiger partial charge in [0, 0.05) is 23.1 Å². The molecule has 0 N–H and O–H groups in total. The van der Waals surface area contributed by atoms with Crippen molar-refractivity contribution in [2.45, 2.75) is 32.6 Å². The monoisotopic (exact) mass is 253 g/mol. The molecule has 1 aromatic carbocycles. The fraction of sp³-hybridized carbons (Fsp3) is 0.412. The number of carbonyl (C=O) groups excluding carboxylic acids is 1. The number of carbonyl (C=O) groups is 1. The molecular formula is C17H19NO. The van der Waals surface area contributed by atoms with E-state index < -0.39 is 0 Å². The molecule has 3 rings (SSSR count). The van der Waals surface area contributed by atoms with E-state index >= 15 is 0 Å². The summed E-state index contributed by atoms with van der Waals surface area (Å²) in [4.78, 5) is 16.8. The van der Waals surface area contributed by atoms with Crippen LogP contribution in [0.25, 0.3) is 10.9 Å². The van der Waals surface area contributed by atoms with Gasteiger partial charge < -0.3 is 0 Å². The molecule has 0 amide bonds. The average Bonchev–Trinajstić information content (AvgIpc) is 2.47. The molecule has 2 aromatic rings. The topological polar surface area (TPSA) is 30.0 Å². The molecule has 2 heteroatoms. The highest BCUT2D eigenvalue weighted by Gasteiger charge is 2.25. The molecule has 0 bridgehead atoms. The molecule has 1 heterocycles. The molecule has 2 nitrogen and oxygen atoms in total. The van der Waals surface area contributed by atoms with Crippen LogP contribution in [0.1, 0.15) is 43.0 Å². The predicted octanol–water partition coefficient (Wildman–Crippen LogP) is 4.24. The SMILES string of the molecule is CC1CCC(C(=O)c2ccc3ncccc3c2)CC1. The van der Waals surface area contributed by atoms with Gasteiger partial charge in [0.25, 0.3) is 0 Å². The normalized spacial score (nSPS) is 23.4. The Balaban J connectivity index is 1.85. The minimum absolute atomic E-state index is 0.227. The van der Waals surface area contributed by atoms with Gasteiger partial charge in [-0.25, -0.2) is 0 Å². The van der Waals surface area contributed by atoms with Crippen molar-refractivity contribution >= 4 is 16.7 Å². The van der Waals surface area contributed by atoms with E-state index in [4.69, 9.17) is 0 Å². The number of aromatic nitrogens is 1. The van der Waals surface area contributed by atoms with Crippen LogP contribution in [0.15, 0.2) is 36.5 Å². The van der Waals surface area contributed by atoms with Crippen LogP contribution >= 0.6 is 0 Å². The van der Waals surface area contributed by atoms with Gasteiger partial charge in [0.1, 0.15) is 0 Å². The summed E-state index contributed by atoms with van der Waals surface area (Å²) in [5, 5.41) is 1.05. The van der Waals surface area contributed by atoms with Gasteiger partial charge in [0.15, 0.2) is 5.78 Å². The van der Waals surface area contributed by atoms with Crippen molar-refractivity contribution in [2.75, 3.05) is 0 Å². The molecule has 1 fully saturated rings. The first-order chi connectivity index (χ1) is 9.24. The van der Waals surface area contributed by atoms with Gasteiger partial charge in [0.2, 0.25) is 0 Å². The average molecular weight is 253 g/mol. The molecule has 1 aromatic heterocycles. The van der Waals surface area contributed by atoms with Crippen LogP contribution in [0.5, 0.6) is 0 Å². The highest BCUT2D eigenvalue weighted by molar-refractivity contribution is 6.00. The number of Topliss-reactive ketones (excluding diaryl/α,β-unsaturated/α-hetero) is 1. The van der Waals surface area contributed by atoms with Crippen molar-refractivity contribution in [3.63, 3.8) is 0 Å². The first-order valence-corrected chi connectivity index (χ1v) is 7.13. The van der Waals surface area contributed by atoms with Gasteiger partial charge in [-0.3, -0.25) is 9.78 Å². The van der Waals surface area contributed by atoms with Crippen molar-refractivity contribution in [3.8, 4) is 0 Å². The van der Waals surface area contributed by atoms with Gasteiger partial charge in [0.05, 0.1) is 5.52 Å². The fourth-order valence-electron chi connectivity index (χ4n) is 2.99. The summed E-state index contributed by atoms with van der Waals surface area (Å²) >= 11 is 0. The number of hydrogen-bond donors (Lipinski definition) is 0. The molecule has 0 aliphatic heterocycles. The molecule has 0 atom stereocenters. The first-order valence-electron chi connectivity index (χ1n) is 7.13. The zero-order valence-electron chi connectivity index (χ0n) is 11.3. The molecule has 1 aliphatic carbocycles. The first kappa shape index (κ1) is 12.3. The van der Waals surface area contributed by atoms with Crippen LogP contribution in [0, 0.1) is 11.8 Å². The Kier molecular flexibility index (Phi) is 3.33. The Morgan fingerprint density at radius 1 is 1.16 bits per heavy atom. The van der Waals surface area contributed by atoms with E-state index in [2.05, 4.69) is 11.9 Å². The number of pyridine rings is 1. The Hall–Kier alpha value is -1.70. The predicted molar refractivity (Wildman–Crippen MR) is 77.2 cm³/mol. The van der Waals surface area contributed by atoms with E-state index in [0.717, 1.165) is 35.2 Å². The molecule has 19 heavy (non-hydrogen) atoms. The van der Waals surface area contributed by atoms with Gasteiger partial charge >= 0.3 is 0 Å². The maximum atomic E-state index is 12.5. The summed E-state index contributed by atoms with van der Waals surface area (Å²) in [6, 6.07) is 9.80. The number of ketones is 1. The van der Waals surface area contributed by atoms with E-state index in [-0.39, 0.29) is 5.92 Å². The van der Waals surface area contributed by atoms with Crippen molar-refractivity contribution < 1.29 is 4.79 Å². The third-order valence-electron chi connectivity index (χ3n) is 4.27. The van der Waals surface area contributed by atoms with Crippen LogP contribution in [0.3, 0.4) is 0 Å². The Bertz CT molecular complexity index is 597. The lowest BCUT2D eigenvalue weighted by Crippen LogP contribution is -2.20. The second-order valence-electron chi connectivity index (χ2n) is 5.73. The second kappa shape index (κ2) is 5.12. The molecule has 1 saturated carbocycles. The van der Waals surface area contributed by atoms with Gasteiger partial charge in [-0.05, 0) is 43.0 Å². The van der Waals surface area contributed by atoms with Crippen LogP contribution in [0.4, 0.5) is 0 Å². The maximum absolute atomic E-state index is 12.5. The number of fused-ring (bicyclic) bond motifs is 1. The summed E-state index contributed by atoms with van der Waals surface area (Å²) in [5.74, 6) is 1.33. The highest BCUT2D eigenvalue weighted by Crippen LogP contribution is 2.31. The van der Waals surface area contributed by atoms with Crippen molar-refractivity contribution in [3.05, 3.63) is 42.1 Å². The van der Waals surface area contributed by atoms with E-state index in [1.165, 1.54) is 12.8 Å². The molecular weight excluding hydrogens is 234 g/mol. The standard InChI is InChI=1S/C17H19NO/c1-12-4-6-13(7-5-12)17(19)15-8-9-16-14(11-15)3-2-10-18-16/h2-3,8-13H,4-7H2,1H3. The maximum Gasteiger partial charge on any atom is 0.165 e. The largest absolute Gasteiger partial charge is 0.294 e. The lowest BCUT2D eigenvalue weighted by Gasteiger charge is -2.25. The molecule has 98 valence electrons. The van der Waals surface area contributed by atoms with Gasteiger partial charge in [-0.1, -0.05) is 25.8 Å². The van der Waals surface area contributed by atoms with Gasteiger partial charge in [-0.15, -0.1) is 0 Å². The van der Waals surface area contributed by atoms with E-state index in [1.54, 1.807) is 6.20 Å². The summed E-state index contributed by atoms with van der Waals surface area (Å²) in [6.07, 6.45) is 6.25. The fourth-order valence-corrected chi connectivity index (χ4v) is 2.99. The van der Waals surface area contributed by atoms with Gasteiger partial charge in [-0.2, -0.15) is 0 Å². The van der Waals surface area contributed by atoms with Crippen LogP contribution in [-0.2, 0) is 0 Å². The number of hydrogen-bond acceptors (Lipinski definition) is 2. The van der Waals surface area contributed by atoms with Crippen LogP contribution in [-0.4, -0.2) is 10.8 Å². The van der Waals surface area contributed by atoms with E-state index in [0.29, 0.717) is 5.78 Å². The summed E-state index contributed by atoms with van der Waals surface area (Å²) in [6.45, 7) is 2.28. The third-order valence-corrected chi connectivity index (χ3v) is 4.27. The molecule has 0 saturated heterocycles. The van der Waals surface area contributed by atoms with E-state index in [1.807, 2.05) is 30.3 Å². The summed E-state index contributed by atoms with van der Waals surface area (Å²) in [5.41, 5.74) is 1.80. The smallest absolute Gasteiger partial charge is 0.165 e. The van der Waals surface area contributed by atoms with E-state index in [9.17, 15) is 4.79 Å². The minimum Gasteiger partial charge on any atom is -0.294 e. The molecule has 1 aliphatic rings. The summed E-state index contributed by atoms with van der Waals surface area (Å²) in [7, 11) is 0. The number of nitrogens with zero attached hydrogens (tertiary/aromatic N) is 1. The zero-order valence-corrected chi connectivity index (χ0v) is 11.3. The molecule has 0 spiro atoms. The number of rotatable bonds is 2. The zero-order chi connectivity index (χ0) is 13.2. The van der Waals surface area contributed by atoms with Crippen LogP contribution in [0.2, 0.25) is 0 Å². The molecule has 0 unspecified atom stereocenters. The second-order valence-corrected chi connectivity index (χ2v) is 5.73. The lowest BCUT2D eigenvalue weighted by atomic mass is 9.79. The van der Waals surface area contributed by atoms with Crippen molar-refractivity contribution in [1.82, 2.24) is 4.98 Å². The Labute approximate surface area is 113 Å². The van der Waals surface area contributed by atoms with Crippen molar-refractivity contribution in [2.24, 2.45) is 11.8 Å². The number of benzene rings is 1. The molecule has 0 radical (unpaired) electrons. The quantitative estimate of drug-likeness (QED) is 0.749.